The van der Waals surface area contributed by atoms with E-state index in [4.69, 9.17) is 0 Å². The zero-order valence-corrected chi connectivity index (χ0v) is 11.4. The van der Waals surface area contributed by atoms with E-state index in [2.05, 4.69) is 5.10 Å². The Hall–Kier alpha value is -2.04. The molecule has 2 rings (SSSR count). The summed E-state index contributed by atoms with van der Waals surface area (Å²) in [4.78, 5) is 11.1. The van der Waals surface area contributed by atoms with Gasteiger partial charge in [-0.05, 0) is 31.0 Å². The molecule has 0 spiro atoms. The Morgan fingerprint density at radius 3 is 2.60 bits per heavy atom. The normalized spacial score (nSPS) is 11.1. The third-order valence-electron chi connectivity index (χ3n) is 3.39. The number of carbonyl (C=O) groups is 1. The van der Waals surface area contributed by atoms with E-state index in [9.17, 15) is 13.6 Å². The molecule has 0 N–H and O–H groups in total. The largest absolute Gasteiger partial charge is 0.298 e. The van der Waals surface area contributed by atoms with Crippen LogP contribution in [-0.2, 0) is 0 Å². The van der Waals surface area contributed by atoms with E-state index in [1.165, 1.54) is 0 Å². The molecule has 0 fully saturated rings. The third-order valence-corrected chi connectivity index (χ3v) is 3.39. The Bertz CT molecular complexity index is 618. The van der Waals surface area contributed by atoms with Gasteiger partial charge in [-0.1, -0.05) is 13.8 Å². The first-order valence-corrected chi connectivity index (χ1v) is 6.60. The summed E-state index contributed by atoms with van der Waals surface area (Å²) in [6, 6.07) is 3.27. The molecule has 0 radical (unpaired) electrons. The van der Waals surface area contributed by atoms with Gasteiger partial charge < -0.3 is 0 Å². The summed E-state index contributed by atoms with van der Waals surface area (Å²) in [7, 11) is 0. The minimum atomic E-state index is -0.593. The molecule has 1 aromatic heterocycles. The summed E-state index contributed by atoms with van der Waals surface area (Å²) in [5.41, 5.74) is 0.460. The maximum atomic E-state index is 13.8. The van der Waals surface area contributed by atoms with Crippen molar-refractivity contribution in [2.75, 3.05) is 0 Å². The number of hydrogen-bond donors (Lipinski definition) is 0. The molecule has 5 heteroatoms. The fourth-order valence-corrected chi connectivity index (χ4v) is 2.23. The SMILES string of the molecule is CCC(CC)n1cc(C=O)c(-c2cc(F)ccc2F)n1. The summed E-state index contributed by atoms with van der Waals surface area (Å²) < 4.78 is 28.7. The molecule has 0 amide bonds. The second-order valence-electron chi connectivity index (χ2n) is 4.63. The summed E-state index contributed by atoms with van der Waals surface area (Å²) in [5, 5.41) is 4.27. The summed E-state index contributed by atoms with van der Waals surface area (Å²) in [6.07, 6.45) is 3.90. The van der Waals surface area contributed by atoms with E-state index in [1.54, 1.807) is 10.9 Å². The van der Waals surface area contributed by atoms with E-state index in [0.29, 0.717) is 6.29 Å². The van der Waals surface area contributed by atoms with Crippen LogP contribution in [0.3, 0.4) is 0 Å². The molecule has 3 nitrogen and oxygen atoms in total. The van der Waals surface area contributed by atoms with Crippen LogP contribution in [0.4, 0.5) is 8.78 Å². The van der Waals surface area contributed by atoms with Crippen LogP contribution in [0.2, 0.25) is 0 Å². The molecular formula is C15H16F2N2O. The van der Waals surface area contributed by atoms with Crippen LogP contribution in [0.1, 0.15) is 43.1 Å². The highest BCUT2D eigenvalue weighted by Gasteiger charge is 2.18. The fourth-order valence-electron chi connectivity index (χ4n) is 2.23. The number of halogens is 2. The summed E-state index contributed by atoms with van der Waals surface area (Å²) in [5.74, 6) is -1.15. The monoisotopic (exact) mass is 278 g/mol. The Morgan fingerprint density at radius 1 is 1.30 bits per heavy atom. The molecule has 1 aromatic carbocycles. The minimum absolute atomic E-state index is 0.0109. The first-order valence-electron chi connectivity index (χ1n) is 6.60. The molecule has 20 heavy (non-hydrogen) atoms. The molecule has 0 saturated carbocycles. The van der Waals surface area contributed by atoms with Gasteiger partial charge in [0, 0.05) is 11.8 Å². The molecule has 1 heterocycles. The Labute approximate surface area is 116 Å². The lowest BCUT2D eigenvalue weighted by Gasteiger charge is -2.12. The van der Waals surface area contributed by atoms with Crippen LogP contribution in [0, 0.1) is 11.6 Å². The lowest BCUT2D eigenvalue weighted by atomic mass is 10.1. The summed E-state index contributed by atoms with van der Waals surface area (Å²) >= 11 is 0. The smallest absolute Gasteiger partial charge is 0.153 e. The summed E-state index contributed by atoms with van der Waals surface area (Å²) in [6.45, 7) is 4.03. The predicted octanol–water partition coefficient (Wildman–Crippen LogP) is 4.00. The number of nitrogens with zero attached hydrogens (tertiary/aromatic N) is 2. The van der Waals surface area contributed by atoms with Crippen molar-refractivity contribution in [2.24, 2.45) is 0 Å². The van der Waals surface area contributed by atoms with Gasteiger partial charge in [-0.2, -0.15) is 5.10 Å². The van der Waals surface area contributed by atoms with Gasteiger partial charge in [-0.15, -0.1) is 0 Å². The quantitative estimate of drug-likeness (QED) is 0.775. The third kappa shape index (κ3) is 2.61. The Morgan fingerprint density at radius 2 is 2.00 bits per heavy atom. The number of carbonyl (C=O) groups excluding carboxylic acids is 1. The molecule has 0 unspecified atom stereocenters. The second-order valence-corrected chi connectivity index (χ2v) is 4.63. The second kappa shape index (κ2) is 5.94. The van der Waals surface area contributed by atoms with Crippen LogP contribution in [0.15, 0.2) is 24.4 Å². The van der Waals surface area contributed by atoms with Crippen molar-refractivity contribution in [3.63, 3.8) is 0 Å². The number of hydrogen-bond acceptors (Lipinski definition) is 2. The predicted molar refractivity (Wildman–Crippen MR) is 72.6 cm³/mol. The number of benzene rings is 1. The van der Waals surface area contributed by atoms with E-state index in [0.717, 1.165) is 31.0 Å². The molecule has 0 saturated heterocycles. The Balaban J connectivity index is 2.56. The lowest BCUT2D eigenvalue weighted by Crippen LogP contribution is -2.07. The molecule has 106 valence electrons. The van der Waals surface area contributed by atoms with Crippen LogP contribution >= 0.6 is 0 Å². The lowest BCUT2D eigenvalue weighted by molar-refractivity contribution is 0.112. The molecular weight excluding hydrogens is 262 g/mol. The van der Waals surface area contributed by atoms with Crippen molar-refractivity contribution in [2.45, 2.75) is 32.7 Å². The maximum absolute atomic E-state index is 13.8. The molecule has 0 bridgehead atoms. The zero-order valence-electron chi connectivity index (χ0n) is 11.4. The number of aldehydes is 1. The Kier molecular flexibility index (Phi) is 4.27. The van der Waals surface area contributed by atoms with Crippen molar-refractivity contribution in [1.82, 2.24) is 9.78 Å². The zero-order chi connectivity index (χ0) is 14.7. The van der Waals surface area contributed by atoms with Crippen molar-refractivity contribution in [1.29, 1.82) is 0 Å². The molecule has 0 atom stereocenters. The van der Waals surface area contributed by atoms with Gasteiger partial charge in [0.25, 0.3) is 0 Å². The highest BCUT2D eigenvalue weighted by Crippen LogP contribution is 2.27. The van der Waals surface area contributed by atoms with Crippen molar-refractivity contribution in [3.05, 3.63) is 41.6 Å². The van der Waals surface area contributed by atoms with Crippen molar-refractivity contribution >= 4 is 6.29 Å². The average molecular weight is 278 g/mol. The molecule has 2 aromatic rings. The van der Waals surface area contributed by atoms with Crippen LogP contribution in [-0.4, -0.2) is 16.1 Å². The average Bonchev–Trinajstić information content (AvgIpc) is 2.87. The standard InChI is InChI=1S/C15H16F2N2O/c1-3-12(4-2)19-8-10(9-20)15(18-19)13-7-11(16)5-6-14(13)17/h5-9,12H,3-4H2,1-2H3. The van der Waals surface area contributed by atoms with Gasteiger partial charge in [0.05, 0.1) is 11.6 Å². The highest BCUT2D eigenvalue weighted by atomic mass is 19.1. The topological polar surface area (TPSA) is 34.9 Å². The van der Waals surface area contributed by atoms with E-state index < -0.39 is 11.6 Å². The van der Waals surface area contributed by atoms with E-state index in [-0.39, 0.29) is 22.9 Å². The maximum Gasteiger partial charge on any atom is 0.153 e. The van der Waals surface area contributed by atoms with Gasteiger partial charge in [0.15, 0.2) is 6.29 Å². The number of rotatable bonds is 5. The molecule has 0 aliphatic carbocycles. The van der Waals surface area contributed by atoms with Crippen LogP contribution in [0.5, 0.6) is 0 Å². The molecule has 0 aliphatic rings. The first-order chi connectivity index (χ1) is 9.60. The first kappa shape index (κ1) is 14.4. The van der Waals surface area contributed by atoms with Crippen molar-refractivity contribution in [3.8, 4) is 11.3 Å². The van der Waals surface area contributed by atoms with Gasteiger partial charge >= 0.3 is 0 Å². The van der Waals surface area contributed by atoms with Gasteiger partial charge in [-0.3, -0.25) is 9.48 Å². The van der Waals surface area contributed by atoms with Crippen molar-refractivity contribution < 1.29 is 13.6 Å². The van der Waals surface area contributed by atoms with E-state index >= 15 is 0 Å². The van der Waals surface area contributed by atoms with E-state index in [1.807, 2.05) is 13.8 Å². The molecule has 0 aliphatic heterocycles. The van der Waals surface area contributed by atoms with Crippen LogP contribution in [0.25, 0.3) is 11.3 Å². The number of aromatic nitrogens is 2. The fraction of sp³-hybridized carbons (Fsp3) is 0.333. The highest BCUT2D eigenvalue weighted by molar-refractivity contribution is 5.85. The van der Waals surface area contributed by atoms with Crippen LogP contribution < -0.4 is 0 Å². The van der Waals surface area contributed by atoms with Gasteiger partial charge in [-0.25, -0.2) is 8.78 Å². The van der Waals surface area contributed by atoms with Gasteiger partial charge in [0.2, 0.25) is 0 Å². The van der Waals surface area contributed by atoms with Gasteiger partial charge in [0.1, 0.15) is 17.3 Å². The minimum Gasteiger partial charge on any atom is -0.298 e.